The van der Waals surface area contributed by atoms with E-state index in [1.54, 1.807) is 6.92 Å². The number of rotatable bonds is 5. The largest absolute Gasteiger partial charge is 0.420 e. The molecule has 0 aliphatic heterocycles. The topological polar surface area (TPSA) is 41.1 Å². The molecule has 0 bridgehead atoms. The van der Waals surface area contributed by atoms with Crippen LogP contribution in [0, 0.1) is 0 Å². The van der Waals surface area contributed by atoms with Gasteiger partial charge in [-0.2, -0.15) is 26.3 Å². The molecule has 9 heteroatoms. The van der Waals surface area contributed by atoms with Crippen LogP contribution in [0.5, 0.6) is 0 Å². The number of carbonyl (C=O) groups excluding carboxylic acids is 1. The molecule has 0 fully saturated rings. The van der Waals surface area contributed by atoms with Gasteiger partial charge in [0.05, 0.1) is 0 Å². The summed E-state index contributed by atoms with van der Waals surface area (Å²) in [5.74, 6) is 0. The second-order valence-electron chi connectivity index (χ2n) is 3.99. The Morgan fingerprint density at radius 2 is 1.47 bits per heavy atom. The number of hydrogen-bond donors (Lipinski definition) is 2. The summed E-state index contributed by atoms with van der Waals surface area (Å²) in [4.78, 5) is 11.2. The average molecular weight is 294 g/mol. The lowest BCUT2D eigenvalue weighted by Gasteiger charge is -2.37. The first kappa shape index (κ1) is 17.8. The average Bonchev–Trinajstić information content (AvgIpc) is 2.22. The van der Waals surface area contributed by atoms with E-state index in [1.807, 2.05) is 5.32 Å². The number of hydrogen-bond acceptors (Lipinski definition) is 1. The van der Waals surface area contributed by atoms with Crippen LogP contribution in [0.2, 0.25) is 0 Å². The molecule has 0 aliphatic rings. The van der Waals surface area contributed by atoms with Crippen molar-refractivity contribution in [1.29, 1.82) is 0 Å². The first-order valence-electron chi connectivity index (χ1n) is 5.71. The fraction of sp³-hybridized carbons (Fsp3) is 0.900. The van der Waals surface area contributed by atoms with E-state index in [-0.39, 0.29) is 6.54 Å². The van der Waals surface area contributed by atoms with Crippen LogP contribution in [0.4, 0.5) is 31.1 Å². The Kier molecular flexibility index (Phi) is 5.95. The van der Waals surface area contributed by atoms with Crippen LogP contribution in [0.15, 0.2) is 0 Å². The number of nitrogens with one attached hydrogen (secondary N) is 2. The van der Waals surface area contributed by atoms with Gasteiger partial charge in [-0.1, -0.05) is 20.3 Å². The fourth-order valence-electron chi connectivity index (χ4n) is 1.41. The molecule has 0 atom stereocenters. The lowest BCUT2D eigenvalue weighted by molar-refractivity contribution is -0.304. The van der Waals surface area contributed by atoms with Gasteiger partial charge in [-0.05, 0) is 12.8 Å². The van der Waals surface area contributed by atoms with Crippen molar-refractivity contribution in [1.82, 2.24) is 10.6 Å². The van der Waals surface area contributed by atoms with Gasteiger partial charge in [-0.25, -0.2) is 4.79 Å². The summed E-state index contributed by atoms with van der Waals surface area (Å²) >= 11 is 0. The van der Waals surface area contributed by atoms with Crippen molar-refractivity contribution in [3.05, 3.63) is 0 Å². The maximum atomic E-state index is 12.7. The van der Waals surface area contributed by atoms with E-state index in [1.165, 1.54) is 0 Å². The molecule has 0 radical (unpaired) electrons. The monoisotopic (exact) mass is 294 g/mol. The van der Waals surface area contributed by atoms with Crippen LogP contribution in [0.1, 0.15) is 33.1 Å². The summed E-state index contributed by atoms with van der Waals surface area (Å²) in [6, 6.07) is -1.48. The summed E-state index contributed by atoms with van der Waals surface area (Å²) in [5.41, 5.74) is -4.23. The van der Waals surface area contributed by atoms with Crippen molar-refractivity contribution in [2.24, 2.45) is 0 Å². The molecule has 0 heterocycles. The molecular weight excluding hydrogens is 278 g/mol. The molecule has 2 amide bonds. The Bertz CT molecular complexity index is 285. The number of unbranched alkanes of at least 4 members (excludes halogenated alkanes) is 1. The zero-order valence-electron chi connectivity index (χ0n) is 10.5. The van der Waals surface area contributed by atoms with E-state index in [2.05, 4.69) is 0 Å². The predicted molar refractivity (Wildman–Crippen MR) is 56.6 cm³/mol. The number of carbonyl (C=O) groups is 1. The van der Waals surface area contributed by atoms with Gasteiger partial charge in [-0.3, -0.25) is 0 Å². The van der Waals surface area contributed by atoms with Crippen LogP contribution < -0.4 is 10.6 Å². The predicted octanol–water partition coefficient (Wildman–Crippen LogP) is 3.36. The van der Waals surface area contributed by atoms with E-state index in [0.29, 0.717) is 19.8 Å². The minimum Gasteiger partial charge on any atom is -0.338 e. The molecule has 0 spiro atoms. The smallest absolute Gasteiger partial charge is 0.338 e. The van der Waals surface area contributed by atoms with Gasteiger partial charge in [0, 0.05) is 6.54 Å². The molecule has 0 aromatic rings. The number of urea groups is 1. The molecule has 3 nitrogen and oxygen atoms in total. The summed E-state index contributed by atoms with van der Waals surface area (Å²) in [6.07, 6.45) is -11.5. The minimum absolute atomic E-state index is 0.0117. The third kappa shape index (κ3) is 4.17. The van der Waals surface area contributed by atoms with Crippen molar-refractivity contribution < 1.29 is 31.1 Å². The SMILES string of the molecule is CCCCNC(=O)NC(CC)(C(F)(F)F)C(F)(F)F. The minimum atomic E-state index is -5.62. The summed E-state index contributed by atoms with van der Waals surface area (Å²) in [5, 5.41) is 2.99. The highest BCUT2D eigenvalue weighted by Crippen LogP contribution is 2.45. The third-order valence-corrected chi connectivity index (χ3v) is 2.64. The molecule has 2 N–H and O–H groups in total. The molecule has 0 aliphatic carbocycles. The highest BCUT2D eigenvalue weighted by atomic mass is 19.4. The van der Waals surface area contributed by atoms with Gasteiger partial charge in [0.2, 0.25) is 5.54 Å². The number of halogens is 6. The zero-order chi connectivity index (χ0) is 15.3. The van der Waals surface area contributed by atoms with E-state index in [0.717, 1.165) is 5.32 Å². The standard InChI is InChI=1S/C10H16F6N2O/c1-3-5-6-17-7(19)18-8(4-2,9(11,12)13)10(14,15)16/h3-6H2,1-2H3,(H2,17,18,19). The van der Waals surface area contributed by atoms with Gasteiger partial charge < -0.3 is 10.6 Å². The summed E-state index contributed by atoms with van der Waals surface area (Å²) in [6.45, 7) is 2.49. The van der Waals surface area contributed by atoms with Crippen LogP contribution in [0.25, 0.3) is 0 Å². The van der Waals surface area contributed by atoms with E-state index < -0.39 is 30.3 Å². The van der Waals surface area contributed by atoms with Gasteiger partial charge in [0.1, 0.15) is 0 Å². The highest BCUT2D eigenvalue weighted by molar-refractivity contribution is 5.75. The third-order valence-electron chi connectivity index (χ3n) is 2.64. The van der Waals surface area contributed by atoms with Crippen molar-refractivity contribution in [2.75, 3.05) is 6.54 Å². The van der Waals surface area contributed by atoms with Gasteiger partial charge in [-0.15, -0.1) is 0 Å². The van der Waals surface area contributed by atoms with E-state index in [4.69, 9.17) is 0 Å². The lowest BCUT2D eigenvalue weighted by Crippen LogP contribution is -2.68. The zero-order valence-corrected chi connectivity index (χ0v) is 10.5. The van der Waals surface area contributed by atoms with Crippen molar-refractivity contribution in [3.8, 4) is 0 Å². The molecule has 114 valence electrons. The summed E-state index contributed by atoms with van der Waals surface area (Å²) in [7, 11) is 0. The Morgan fingerprint density at radius 3 is 1.79 bits per heavy atom. The Morgan fingerprint density at radius 1 is 1.00 bits per heavy atom. The molecule has 0 saturated carbocycles. The van der Waals surface area contributed by atoms with Crippen LogP contribution >= 0.6 is 0 Å². The number of alkyl halides is 6. The van der Waals surface area contributed by atoms with Crippen molar-refractivity contribution in [2.45, 2.75) is 51.0 Å². The van der Waals surface area contributed by atoms with Crippen LogP contribution in [-0.4, -0.2) is 30.5 Å². The quantitative estimate of drug-likeness (QED) is 0.592. The van der Waals surface area contributed by atoms with E-state index >= 15 is 0 Å². The first-order chi connectivity index (χ1) is 8.52. The Balaban J connectivity index is 5.03. The number of amides is 2. The van der Waals surface area contributed by atoms with Gasteiger partial charge in [0.15, 0.2) is 0 Å². The Labute approximate surface area is 106 Å². The molecular formula is C10H16F6N2O. The highest BCUT2D eigenvalue weighted by Gasteiger charge is 2.70. The molecule has 0 aromatic carbocycles. The van der Waals surface area contributed by atoms with Gasteiger partial charge >= 0.3 is 18.4 Å². The molecule has 0 saturated heterocycles. The molecule has 0 unspecified atom stereocenters. The van der Waals surface area contributed by atoms with Crippen molar-refractivity contribution in [3.63, 3.8) is 0 Å². The van der Waals surface area contributed by atoms with Crippen LogP contribution in [0.3, 0.4) is 0 Å². The second kappa shape index (κ2) is 6.33. The first-order valence-corrected chi connectivity index (χ1v) is 5.71. The maximum Gasteiger partial charge on any atom is 0.420 e. The summed E-state index contributed by atoms with van der Waals surface area (Å²) < 4.78 is 75.9. The molecule has 19 heavy (non-hydrogen) atoms. The molecule has 0 rings (SSSR count). The lowest BCUT2D eigenvalue weighted by atomic mass is 9.94. The maximum absolute atomic E-state index is 12.7. The fourth-order valence-corrected chi connectivity index (χ4v) is 1.41. The molecule has 0 aromatic heterocycles. The Hall–Kier alpha value is -1.15. The second-order valence-corrected chi connectivity index (χ2v) is 3.99. The van der Waals surface area contributed by atoms with Crippen LogP contribution in [-0.2, 0) is 0 Å². The normalized spacial score (nSPS) is 13.3. The van der Waals surface area contributed by atoms with E-state index in [9.17, 15) is 31.1 Å². The van der Waals surface area contributed by atoms with Crippen molar-refractivity contribution >= 4 is 6.03 Å². The van der Waals surface area contributed by atoms with Gasteiger partial charge in [0.25, 0.3) is 0 Å².